The topological polar surface area (TPSA) is 79.0 Å². The first-order valence-electron chi connectivity index (χ1n) is 10.9. The molecule has 7 nitrogen and oxygen atoms in total. The summed E-state index contributed by atoms with van der Waals surface area (Å²) < 4.78 is 32.4. The van der Waals surface area contributed by atoms with Gasteiger partial charge in [0.15, 0.2) is 0 Å². The SMILES string of the molecule is O=C(Nc1ccc(N2CCOCC2)cc1)C1CCN(S(=O)(=O)Cc2cccc(Cl)c2)CC1. The molecule has 2 heterocycles. The summed E-state index contributed by atoms with van der Waals surface area (Å²) in [6.45, 7) is 3.88. The fourth-order valence-electron chi connectivity index (χ4n) is 4.15. The first kappa shape index (κ1) is 23.0. The van der Waals surface area contributed by atoms with Crippen molar-refractivity contribution in [3.05, 3.63) is 59.1 Å². The molecular formula is C23H28ClN3O4S. The number of carbonyl (C=O) groups excluding carboxylic acids is 1. The molecule has 0 radical (unpaired) electrons. The van der Waals surface area contributed by atoms with E-state index in [0.29, 0.717) is 36.5 Å². The van der Waals surface area contributed by atoms with Gasteiger partial charge in [-0.05, 0) is 54.8 Å². The minimum atomic E-state index is -3.45. The van der Waals surface area contributed by atoms with Crippen LogP contribution in [0.2, 0.25) is 5.02 Å². The molecule has 0 unspecified atom stereocenters. The van der Waals surface area contributed by atoms with Crippen molar-refractivity contribution in [3.8, 4) is 0 Å². The molecule has 0 atom stereocenters. The van der Waals surface area contributed by atoms with Crippen molar-refractivity contribution in [1.82, 2.24) is 4.31 Å². The molecule has 2 aromatic carbocycles. The quantitative estimate of drug-likeness (QED) is 0.690. The summed E-state index contributed by atoms with van der Waals surface area (Å²) in [4.78, 5) is 15.0. The Bertz CT molecular complexity index is 1030. The highest BCUT2D eigenvalue weighted by Crippen LogP contribution is 2.25. The van der Waals surface area contributed by atoms with Crippen LogP contribution in [0, 0.1) is 5.92 Å². The standard InChI is InChI=1S/C23H28ClN3O4S/c24-20-3-1-2-18(16-20)17-32(29,30)27-10-8-19(9-11-27)23(28)25-21-4-6-22(7-5-21)26-12-14-31-15-13-26/h1-7,16,19H,8-15,17H2,(H,25,28). The van der Waals surface area contributed by atoms with E-state index in [1.165, 1.54) is 4.31 Å². The number of ether oxygens (including phenoxy) is 1. The molecule has 2 fully saturated rings. The monoisotopic (exact) mass is 477 g/mol. The van der Waals surface area contributed by atoms with Crippen molar-refractivity contribution in [2.45, 2.75) is 18.6 Å². The largest absolute Gasteiger partial charge is 0.378 e. The summed E-state index contributed by atoms with van der Waals surface area (Å²) in [5, 5.41) is 3.50. The average Bonchev–Trinajstić information content (AvgIpc) is 2.80. The predicted octanol–water partition coefficient (Wildman–Crippen LogP) is 3.36. The Morgan fingerprint density at radius 2 is 1.72 bits per heavy atom. The number of hydrogen-bond donors (Lipinski definition) is 1. The second-order valence-electron chi connectivity index (χ2n) is 8.20. The number of benzene rings is 2. The fraction of sp³-hybridized carbons (Fsp3) is 0.435. The van der Waals surface area contributed by atoms with Gasteiger partial charge in [0.2, 0.25) is 15.9 Å². The van der Waals surface area contributed by atoms with E-state index < -0.39 is 10.0 Å². The Kier molecular flexibility index (Phi) is 7.35. The number of sulfonamides is 1. The summed E-state index contributed by atoms with van der Waals surface area (Å²) in [6, 6.07) is 14.7. The number of hydrogen-bond acceptors (Lipinski definition) is 5. The van der Waals surface area contributed by atoms with Gasteiger partial charge in [-0.3, -0.25) is 4.79 Å². The number of piperidine rings is 1. The third-order valence-electron chi connectivity index (χ3n) is 5.97. The minimum Gasteiger partial charge on any atom is -0.378 e. The van der Waals surface area contributed by atoms with Crippen LogP contribution in [0.3, 0.4) is 0 Å². The Labute approximate surface area is 194 Å². The molecular weight excluding hydrogens is 450 g/mol. The average molecular weight is 478 g/mol. The molecule has 2 aliphatic rings. The van der Waals surface area contributed by atoms with E-state index in [2.05, 4.69) is 10.2 Å². The number of halogens is 1. The van der Waals surface area contributed by atoms with Gasteiger partial charge in [-0.2, -0.15) is 0 Å². The smallest absolute Gasteiger partial charge is 0.227 e. The molecule has 9 heteroatoms. The molecule has 0 aliphatic carbocycles. The normalized spacial score (nSPS) is 18.5. The summed E-state index contributed by atoms with van der Waals surface area (Å²) in [5.74, 6) is -0.345. The highest BCUT2D eigenvalue weighted by molar-refractivity contribution is 7.88. The first-order chi connectivity index (χ1) is 15.4. The van der Waals surface area contributed by atoms with Crippen LogP contribution in [0.25, 0.3) is 0 Å². The zero-order valence-corrected chi connectivity index (χ0v) is 19.4. The zero-order chi connectivity index (χ0) is 22.6. The lowest BCUT2D eigenvalue weighted by Gasteiger charge is -2.31. The number of nitrogens with one attached hydrogen (secondary N) is 1. The third kappa shape index (κ3) is 5.81. The van der Waals surface area contributed by atoms with E-state index in [1.54, 1.807) is 24.3 Å². The van der Waals surface area contributed by atoms with E-state index in [-0.39, 0.29) is 17.6 Å². The van der Waals surface area contributed by atoms with E-state index >= 15 is 0 Å². The Hall–Kier alpha value is -2.13. The third-order valence-corrected chi connectivity index (χ3v) is 8.05. The van der Waals surface area contributed by atoms with Gasteiger partial charge in [0.25, 0.3) is 0 Å². The Balaban J connectivity index is 1.28. The summed E-state index contributed by atoms with van der Waals surface area (Å²) in [6.07, 6.45) is 1.01. The predicted molar refractivity (Wildman–Crippen MR) is 126 cm³/mol. The van der Waals surface area contributed by atoms with Crippen LogP contribution in [-0.2, 0) is 25.3 Å². The van der Waals surface area contributed by atoms with Crippen molar-refractivity contribution >= 4 is 38.9 Å². The second kappa shape index (κ2) is 10.2. The van der Waals surface area contributed by atoms with E-state index in [9.17, 15) is 13.2 Å². The Morgan fingerprint density at radius 1 is 1.03 bits per heavy atom. The van der Waals surface area contributed by atoms with Crippen molar-refractivity contribution in [1.29, 1.82) is 0 Å². The number of morpholine rings is 1. The van der Waals surface area contributed by atoms with Gasteiger partial charge in [-0.25, -0.2) is 12.7 Å². The van der Waals surface area contributed by atoms with Gasteiger partial charge >= 0.3 is 0 Å². The van der Waals surface area contributed by atoms with Crippen molar-refractivity contribution in [3.63, 3.8) is 0 Å². The minimum absolute atomic E-state index is 0.0592. The van der Waals surface area contributed by atoms with Gasteiger partial charge in [0.1, 0.15) is 0 Å². The van der Waals surface area contributed by atoms with Crippen LogP contribution in [0.5, 0.6) is 0 Å². The van der Waals surface area contributed by atoms with Gasteiger partial charge in [-0.1, -0.05) is 23.7 Å². The molecule has 1 N–H and O–H groups in total. The van der Waals surface area contributed by atoms with Gasteiger partial charge in [-0.15, -0.1) is 0 Å². The Morgan fingerprint density at radius 3 is 2.38 bits per heavy atom. The zero-order valence-electron chi connectivity index (χ0n) is 17.9. The van der Waals surface area contributed by atoms with E-state index in [4.69, 9.17) is 16.3 Å². The highest BCUT2D eigenvalue weighted by Gasteiger charge is 2.31. The van der Waals surface area contributed by atoms with Crippen LogP contribution in [0.15, 0.2) is 48.5 Å². The van der Waals surface area contributed by atoms with Crippen LogP contribution in [0.4, 0.5) is 11.4 Å². The molecule has 0 bridgehead atoms. The number of rotatable bonds is 6. The number of amides is 1. The second-order valence-corrected chi connectivity index (χ2v) is 10.6. The molecule has 0 saturated carbocycles. The van der Waals surface area contributed by atoms with Gasteiger partial charge in [0, 0.05) is 48.5 Å². The van der Waals surface area contributed by atoms with Gasteiger partial charge < -0.3 is 15.0 Å². The summed E-state index contributed by atoms with van der Waals surface area (Å²) in [5.41, 5.74) is 2.53. The summed E-state index contributed by atoms with van der Waals surface area (Å²) in [7, 11) is -3.45. The van der Waals surface area contributed by atoms with Crippen molar-refractivity contribution in [2.75, 3.05) is 49.6 Å². The van der Waals surface area contributed by atoms with Crippen LogP contribution >= 0.6 is 11.6 Å². The highest BCUT2D eigenvalue weighted by atomic mass is 35.5. The molecule has 1 amide bonds. The van der Waals surface area contributed by atoms with E-state index in [0.717, 1.165) is 37.7 Å². The van der Waals surface area contributed by atoms with Gasteiger partial charge in [0.05, 0.1) is 19.0 Å². The molecule has 0 aromatic heterocycles. The molecule has 2 aliphatic heterocycles. The maximum Gasteiger partial charge on any atom is 0.227 e. The number of carbonyl (C=O) groups is 1. The summed E-state index contributed by atoms with van der Waals surface area (Å²) >= 11 is 5.97. The lowest BCUT2D eigenvalue weighted by molar-refractivity contribution is -0.120. The molecule has 2 saturated heterocycles. The van der Waals surface area contributed by atoms with Crippen molar-refractivity contribution < 1.29 is 17.9 Å². The fourth-order valence-corrected chi connectivity index (χ4v) is 5.91. The molecule has 0 spiro atoms. The first-order valence-corrected chi connectivity index (χ1v) is 12.9. The van der Waals surface area contributed by atoms with Crippen LogP contribution < -0.4 is 10.2 Å². The lowest BCUT2D eigenvalue weighted by atomic mass is 9.97. The molecule has 32 heavy (non-hydrogen) atoms. The maximum atomic E-state index is 12.8. The van der Waals surface area contributed by atoms with Crippen LogP contribution in [-0.4, -0.2) is 58.0 Å². The molecule has 172 valence electrons. The molecule has 2 aromatic rings. The van der Waals surface area contributed by atoms with Crippen LogP contribution in [0.1, 0.15) is 18.4 Å². The van der Waals surface area contributed by atoms with Crippen molar-refractivity contribution in [2.24, 2.45) is 5.92 Å². The molecule has 4 rings (SSSR count). The number of nitrogens with zero attached hydrogens (tertiary/aromatic N) is 2. The lowest BCUT2D eigenvalue weighted by Crippen LogP contribution is -2.41. The van der Waals surface area contributed by atoms with E-state index in [1.807, 2.05) is 24.3 Å². The maximum absolute atomic E-state index is 12.8. The number of anilines is 2.